The summed E-state index contributed by atoms with van der Waals surface area (Å²) in [5.41, 5.74) is 0. The Labute approximate surface area is 87.6 Å². The molecular weight excluding hydrogens is 178 g/mol. The van der Waals surface area contributed by atoms with Gasteiger partial charge in [0, 0.05) is 14.0 Å². The molecular formula is C11H24NO2+. The van der Waals surface area contributed by atoms with Crippen molar-refractivity contribution in [1.29, 1.82) is 0 Å². The Hall–Kier alpha value is -0.120. The molecule has 3 heteroatoms. The van der Waals surface area contributed by atoms with Gasteiger partial charge in [0.2, 0.25) is 0 Å². The molecule has 0 aromatic carbocycles. The van der Waals surface area contributed by atoms with E-state index in [0.717, 1.165) is 4.48 Å². The second-order valence-electron chi connectivity index (χ2n) is 4.53. The zero-order valence-electron chi connectivity index (χ0n) is 9.95. The number of nitrogens with zero attached hydrogens (tertiary/aromatic N) is 1. The third kappa shape index (κ3) is 2.94. The predicted molar refractivity (Wildman–Crippen MR) is 56.8 cm³/mol. The van der Waals surface area contributed by atoms with Crippen LogP contribution in [0.25, 0.3) is 0 Å². The number of ether oxygens (including phenoxy) is 2. The molecule has 0 aliphatic carbocycles. The first-order chi connectivity index (χ1) is 6.58. The van der Waals surface area contributed by atoms with Crippen molar-refractivity contribution in [2.45, 2.75) is 45.6 Å². The van der Waals surface area contributed by atoms with Gasteiger partial charge in [-0.05, 0) is 26.2 Å². The van der Waals surface area contributed by atoms with Gasteiger partial charge in [0.1, 0.15) is 0 Å². The molecule has 0 aromatic rings. The SMILES string of the molecule is COC(C)OC(C)[N+]1(C)CCCCC1. The summed E-state index contributed by atoms with van der Waals surface area (Å²) in [7, 11) is 3.97. The molecule has 0 spiro atoms. The smallest absolute Gasteiger partial charge is 0.192 e. The number of quaternary nitrogens is 1. The van der Waals surface area contributed by atoms with Crippen LogP contribution in [0.2, 0.25) is 0 Å². The molecule has 1 rings (SSSR count). The van der Waals surface area contributed by atoms with E-state index in [2.05, 4.69) is 14.0 Å². The molecule has 1 aliphatic rings. The second-order valence-corrected chi connectivity index (χ2v) is 4.53. The Morgan fingerprint density at radius 2 is 1.64 bits per heavy atom. The lowest BCUT2D eigenvalue weighted by Crippen LogP contribution is -2.55. The molecule has 0 saturated carbocycles. The molecule has 1 aliphatic heterocycles. The summed E-state index contributed by atoms with van der Waals surface area (Å²) >= 11 is 0. The highest BCUT2D eigenvalue weighted by Gasteiger charge is 2.32. The number of likely N-dealkylation sites (tertiary alicyclic amines) is 1. The third-order valence-corrected chi connectivity index (χ3v) is 3.44. The number of hydrogen-bond donors (Lipinski definition) is 0. The largest absolute Gasteiger partial charge is 0.356 e. The maximum Gasteiger partial charge on any atom is 0.192 e. The van der Waals surface area contributed by atoms with E-state index in [1.807, 2.05) is 6.92 Å². The minimum Gasteiger partial charge on any atom is -0.356 e. The minimum absolute atomic E-state index is 0.0955. The normalized spacial score (nSPS) is 25.7. The van der Waals surface area contributed by atoms with Crippen LogP contribution in [0.15, 0.2) is 0 Å². The zero-order valence-corrected chi connectivity index (χ0v) is 9.95. The van der Waals surface area contributed by atoms with Crippen LogP contribution in [0.5, 0.6) is 0 Å². The van der Waals surface area contributed by atoms with Gasteiger partial charge in [-0.2, -0.15) is 0 Å². The quantitative estimate of drug-likeness (QED) is 0.512. The first-order valence-electron chi connectivity index (χ1n) is 5.61. The molecule has 84 valence electrons. The Morgan fingerprint density at radius 1 is 1.07 bits per heavy atom. The van der Waals surface area contributed by atoms with E-state index >= 15 is 0 Å². The number of hydrogen-bond acceptors (Lipinski definition) is 2. The van der Waals surface area contributed by atoms with Gasteiger partial charge < -0.3 is 14.0 Å². The van der Waals surface area contributed by atoms with Gasteiger partial charge in [-0.3, -0.25) is 0 Å². The van der Waals surface area contributed by atoms with Gasteiger partial charge in [-0.15, -0.1) is 0 Å². The van der Waals surface area contributed by atoms with E-state index in [1.54, 1.807) is 7.11 Å². The van der Waals surface area contributed by atoms with E-state index in [-0.39, 0.29) is 12.5 Å². The van der Waals surface area contributed by atoms with Crippen molar-refractivity contribution >= 4 is 0 Å². The fourth-order valence-electron chi connectivity index (χ4n) is 2.08. The van der Waals surface area contributed by atoms with Crippen LogP contribution in [0, 0.1) is 0 Å². The van der Waals surface area contributed by atoms with Gasteiger partial charge in [-0.25, -0.2) is 0 Å². The molecule has 0 radical (unpaired) electrons. The topological polar surface area (TPSA) is 18.5 Å². The molecule has 0 bridgehead atoms. The summed E-state index contributed by atoms with van der Waals surface area (Å²) < 4.78 is 12.0. The van der Waals surface area contributed by atoms with Crippen molar-refractivity contribution in [1.82, 2.24) is 0 Å². The van der Waals surface area contributed by atoms with Crippen molar-refractivity contribution in [3.05, 3.63) is 0 Å². The van der Waals surface area contributed by atoms with Crippen LogP contribution < -0.4 is 0 Å². The van der Waals surface area contributed by atoms with Crippen molar-refractivity contribution in [3.63, 3.8) is 0 Å². The lowest BCUT2D eigenvalue weighted by Gasteiger charge is -2.42. The summed E-state index contributed by atoms with van der Waals surface area (Å²) in [4.78, 5) is 0. The predicted octanol–water partition coefficient (Wildman–Crippen LogP) is 1.97. The van der Waals surface area contributed by atoms with E-state index in [0.29, 0.717) is 0 Å². The summed E-state index contributed by atoms with van der Waals surface area (Å²) in [5, 5.41) is 0. The van der Waals surface area contributed by atoms with Gasteiger partial charge in [0.25, 0.3) is 0 Å². The lowest BCUT2D eigenvalue weighted by atomic mass is 10.1. The number of rotatable bonds is 4. The molecule has 0 amide bonds. The molecule has 1 saturated heterocycles. The van der Waals surface area contributed by atoms with Crippen molar-refractivity contribution in [3.8, 4) is 0 Å². The van der Waals surface area contributed by atoms with Crippen LogP contribution in [-0.2, 0) is 9.47 Å². The van der Waals surface area contributed by atoms with Gasteiger partial charge in [0.05, 0.1) is 20.1 Å². The van der Waals surface area contributed by atoms with E-state index < -0.39 is 0 Å². The summed E-state index contributed by atoms with van der Waals surface area (Å²) in [5.74, 6) is 0. The standard InChI is InChI=1S/C11H24NO2/c1-10(14-11(2)13-4)12(3)8-6-5-7-9-12/h10-11H,5-9H2,1-4H3/q+1. The third-order valence-electron chi connectivity index (χ3n) is 3.44. The molecule has 1 fully saturated rings. The first kappa shape index (κ1) is 12.0. The van der Waals surface area contributed by atoms with E-state index in [9.17, 15) is 0 Å². The zero-order chi connectivity index (χ0) is 10.6. The molecule has 2 atom stereocenters. The second kappa shape index (κ2) is 5.10. The average Bonchev–Trinajstić information content (AvgIpc) is 2.18. The highest BCUT2D eigenvalue weighted by Crippen LogP contribution is 2.21. The van der Waals surface area contributed by atoms with Gasteiger partial charge >= 0.3 is 0 Å². The summed E-state index contributed by atoms with van der Waals surface area (Å²) in [6.45, 7) is 6.57. The highest BCUT2D eigenvalue weighted by molar-refractivity contribution is 4.53. The van der Waals surface area contributed by atoms with Crippen molar-refractivity contribution < 1.29 is 14.0 Å². The van der Waals surface area contributed by atoms with Crippen LogP contribution in [-0.4, -0.2) is 44.2 Å². The van der Waals surface area contributed by atoms with Gasteiger partial charge in [-0.1, -0.05) is 0 Å². The van der Waals surface area contributed by atoms with Crippen LogP contribution >= 0.6 is 0 Å². The molecule has 3 nitrogen and oxygen atoms in total. The lowest BCUT2D eigenvalue weighted by molar-refractivity contribution is -0.958. The monoisotopic (exact) mass is 202 g/mol. The van der Waals surface area contributed by atoms with Crippen molar-refractivity contribution in [2.24, 2.45) is 0 Å². The number of piperidine rings is 1. The fraction of sp³-hybridized carbons (Fsp3) is 1.00. The molecule has 1 heterocycles. The Bertz CT molecular complexity index is 167. The van der Waals surface area contributed by atoms with Crippen LogP contribution in [0.3, 0.4) is 0 Å². The minimum atomic E-state index is -0.0955. The van der Waals surface area contributed by atoms with E-state index in [1.165, 1.54) is 32.4 Å². The average molecular weight is 202 g/mol. The van der Waals surface area contributed by atoms with Crippen LogP contribution in [0.4, 0.5) is 0 Å². The molecule has 2 unspecified atom stereocenters. The number of methoxy groups -OCH3 is 1. The van der Waals surface area contributed by atoms with Gasteiger partial charge in [0.15, 0.2) is 12.5 Å². The van der Waals surface area contributed by atoms with Crippen molar-refractivity contribution in [2.75, 3.05) is 27.2 Å². The Kier molecular flexibility index (Phi) is 4.35. The first-order valence-corrected chi connectivity index (χ1v) is 5.61. The maximum absolute atomic E-state index is 5.79. The van der Waals surface area contributed by atoms with Crippen LogP contribution in [0.1, 0.15) is 33.1 Å². The fourth-order valence-corrected chi connectivity index (χ4v) is 2.08. The summed E-state index contributed by atoms with van der Waals surface area (Å²) in [6.07, 6.45) is 4.17. The summed E-state index contributed by atoms with van der Waals surface area (Å²) in [6, 6.07) is 0. The molecule has 0 aromatic heterocycles. The Balaban J connectivity index is 2.44. The highest BCUT2D eigenvalue weighted by atomic mass is 16.7. The maximum atomic E-state index is 5.79. The Morgan fingerprint density at radius 3 is 2.14 bits per heavy atom. The molecule has 0 N–H and O–H groups in total. The van der Waals surface area contributed by atoms with E-state index in [4.69, 9.17) is 9.47 Å². The molecule has 14 heavy (non-hydrogen) atoms.